The zero-order valence-electron chi connectivity index (χ0n) is 13.4. The van der Waals surface area contributed by atoms with Crippen molar-refractivity contribution in [2.24, 2.45) is 5.41 Å². The highest BCUT2D eigenvalue weighted by molar-refractivity contribution is 5.73. The summed E-state index contributed by atoms with van der Waals surface area (Å²) in [6, 6.07) is 2.95. The minimum absolute atomic E-state index is 0.134. The molecule has 2 unspecified atom stereocenters. The number of nitrogens with one attached hydrogen (secondary N) is 2. The van der Waals surface area contributed by atoms with Gasteiger partial charge in [-0.25, -0.2) is 13.6 Å². The van der Waals surface area contributed by atoms with E-state index in [2.05, 4.69) is 10.6 Å². The summed E-state index contributed by atoms with van der Waals surface area (Å²) in [5, 5.41) is 15.0. The second-order valence-corrected chi connectivity index (χ2v) is 6.54. The van der Waals surface area contributed by atoms with Crippen molar-refractivity contribution < 1.29 is 18.7 Å². The molecule has 2 amide bonds. The number of urea groups is 1. The van der Waals surface area contributed by atoms with Crippen LogP contribution in [0.4, 0.5) is 13.6 Å². The van der Waals surface area contributed by atoms with Gasteiger partial charge in [-0.15, -0.1) is 0 Å². The zero-order chi connectivity index (χ0) is 16.9. The van der Waals surface area contributed by atoms with E-state index in [9.17, 15) is 18.7 Å². The topological polar surface area (TPSA) is 61.4 Å². The lowest BCUT2D eigenvalue weighted by molar-refractivity contribution is 0.0650. The van der Waals surface area contributed by atoms with Crippen LogP contribution in [0.1, 0.15) is 39.2 Å². The third-order valence-electron chi connectivity index (χ3n) is 3.52. The van der Waals surface area contributed by atoms with E-state index in [1.165, 1.54) is 12.1 Å². The largest absolute Gasteiger partial charge is 0.391 e. The van der Waals surface area contributed by atoms with Crippen molar-refractivity contribution in [3.8, 4) is 0 Å². The number of halogens is 2. The Morgan fingerprint density at radius 1 is 1.23 bits per heavy atom. The summed E-state index contributed by atoms with van der Waals surface area (Å²) < 4.78 is 26.5. The van der Waals surface area contributed by atoms with Gasteiger partial charge in [-0.2, -0.15) is 0 Å². The Morgan fingerprint density at radius 3 is 2.36 bits per heavy atom. The van der Waals surface area contributed by atoms with Crippen molar-refractivity contribution in [3.63, 3.8) is 0 Å². The van der Waals surface area contributed by atoms with Gasteiger partial charge in [-0.3, -0.25) is 0 Å². The Morgan fingerprint density at radius 2 is 1.82 bits per heavy atom. The number of hydrogen-bond donors (Lipinski definition) is 3. The molecule has 0 radical (unpaired) electrons. The lowest BCUT2D eigenvalue weighted by Gasteiger charge is -2.26. The summed E-state index contributed by atoms with van der Waals surface area (Å²) in [6.45, 7) is 7.69. The Hall–Kier alpha value is -1.69. The molecule has 0 aliphatic rings. The highest BCUT2D eigenvalue weighted by Gasteiger charge is 2.22. The third kappa shape index (κ3) is 5.60. The number of carbonyl (C=O) groups excluding carboxylic acids is 1. The first-order valence-corrected chi connectivity index (χ1v) is 7.26. The Kier molecular flexibility index (Phi) is 6.29. The average molecular weight is 314 g/mol. The molecule has 2 atom stereocenters. The molecule has 0 saturated heterocycles. The van der Waals surface area contributed by atoms with Gasteiger partial charge in [0, 0.05) is 25.1 Å². The molecule has 1 aromatic carbocycles. The van der Waals surface area contributed by atoms with E-state index in [0.717, 1.165) is 6.07 Å². The van der Waals surface area contributed by atoms with Crippen LogP contribution in [0.15, 0.2) is 18.2 Å². The maximum Gasteiger partial charge on any atom is 0.314 e. The zero-order valence-corrected chi connectivity index (χ0v) is 13.4. The quantitative estimate of drug-likeness (QED) is 0.782. The van der Waals surface area contributed by atoms with Gasteiger partial charge in [-0.05, 0) is 17.0 Å². The predicted octanol–water partition coefficient (Wildman–Crippen LogP) is 2.77. The lowest BCUT2D eigenvalue weighted by atomic mass is 9.89. The lowest BCUT2D eigenvalue weighted by Crippen LogP contribution is -2.44. The van der Waals surface area contributed by atoms with Crippen LogP contribution >= 0.6 is 0 Å². The summed E-state index contributed by atoms with van der Waals surface area (Å²) >= 11 is 0. The van der Waals surface area contributed by atoms with Crippen LogP contribution in [-0.4, -0.2) is 30.3 Å². The molecule has 0 saturated carbocycles. The van der Waals surface area contributed by atoms with E-state index in [4.69, 9.17) is 0 Å². The van der Waals surface area contributed by atoms with Gasteiger partial charge in [0.1, 0.15) is 11.6 Å². The minimum atomic E-state index is -0.662. The molecule has 0 aliphatic carbocycles. The predicted molar refractivity (Wildman–Crippen MR) is 81.6 cm³/mol. The molecule has 124 valence electrons. The summed E-state index contributed by atoms with van der Waals surface area (Å²) in [5.74, 6) is -1.55. The van der Waals surface area contributed by atoms with E-state index in [1.54, 1.807) is 6.92 Å². The van der Waals surface area contributed by atoms with Gasteiger partial charge in [0.15, 0.2) is 0 Å². The molecular weight excluding hydrogens is 290 g/mol. The average Bonchev–Trinajstić information content (AvgIpc) is 2.41. The van der Waals surface area contributed by atoms with Crippen molar-refractivity contribution in [2.45, 2.75) is 39.7 Å². The van der Waals surface area contributed by atoms with Gasteiger partial charge in [0.25, 0.3) is 0 Å². The molecule has 0 aliphatic heterocycles. The smallest absolute Gasteiger partial charge is 0.314 e. The van der Waals surface area contributed by atoms with Crippen LogP contribution in [0, 0.1) is 17.0 Å². The maximum atomic E-state index is 13.6. The fourth-order valence-electron chi connectivity index (χ4n) is 1.81. The van der Waals surface area contributed by atoms with Gasteiger partial charge in [0.05, 0.1) is 6.10 Å². The van der Waals surface area contributed by atoms with E-state index in [1.807, 2.05) is 20.8 Å². The second-order valence-electron chi connectivity index (χ2n) is 6.54. The molecule has 0 heterocycles. The molecule has 4 nitrogen and oxygen atoms in total. The van der Waals surface area contributed by atoms with Crippen molar-refractivity contribution in [1.29, 1.82) is 0 Å². The molecule has 0 fully saturated rings. The van der Waals surface area contributed by atoms with Crippen LogP contribution in [0.5, 0.6) is 0 Å². The highest BCUT2D eigenvalue weighted by atomic mass is 19.1. The van der Waals surface area contributed by atoms with Crippen molar-refractivity contribution >= 4 is 6.03 Å². The molecule has 1 rings (SSSR count). The van der Waals surface area contributed by atoms with Crippen LogP contribution in [0.2, 0.25) is 0 Å². The van der Waals surface area contributed by atoms with E-state index in [0.29, 0.717) is 5.56 Å². The molecule has 0 spiro atoms. The summed E-state index contributed by atoms with van der Waals surface area (Å²) in [7, 11) is 0. The number of amides is 2. The standard InChI is InChI=1S/C16H24F2N2O2/c1-10(12-6-5-11(17)7-13(12)18)8-19-15(22)20-9-14(21)16(2,3)4/h5-7,10,14,21H,8-9H2,1-4H3,(H2,19,20,22). The van der Waals surface area contributed by atoms with Crippen molar-refractivity contribution in [2.75, 3.05) is 13.1 Å². The number of aliphatic hydroxyl groups is 1. The number of aliphatic hydroxyl groups excluding tert-OH is 1. The number of rotatable bonds is 5. The number of benzene rings is 1. The first-order valence-electron chi connectivity index (χ1n) is 7.26. The molecule has 1 aromatic rings. The van der Waals surface area contributed by atoms with Gasteiger partial charge < -0.3 is 15.7 Å². The fourth-order valence-corrected chi connectivity index (χ4v) is 1.81. The van der Waals surface area contributed by atoms with E-state index in [-0.39, 0.29) is 24.4 Å². The summed E-state index contributed by atoms with van der Waals surface area (Å²) in [5.41, 5.74) is 0.0223. The van der Waals surface area contributed by atoms with Crippen LogP contribution in [0.25, 0.3) is 0 Å². The molecule has 0 aromatic heterocycles. The summed E-state index contributed by atoms with van der Waals surface area (Å²) in [6.07, 6.45) is -0.662. The van der Waals surface area contributed by atoms with Gasteiger partial charge in [0.2, 0.25) is 0 Å². The minimum Gasteiger partial charge on any atom is -0.391 e. The van der Waals surface area contributed by atoms with Gasteiger partial charge >= 0.3 is 6.03 Å². The summed E-state index contributed by atoms with van der Waals surface area (Å²) in [4.78, 5) is 11.7. The molecular formula is C16H24F2N2O2. The third-order valence-corrected chi connectivity index (χ3v) is 3.52. The first-order chi connectivity index (χ1) is 10.1. The molecule has 6 heteroatoms. The SMILES string of the molecule is CC(CNC(=O)NCC(O)C(C)(C)C)c1ccc(F)cc1F. The van der Waals surface area contributed by atoms with Gasteiger partial charge in [-0.1, -0.05) is 33.8 Å². The Bertz CT molecular complexity index is 515. The normalized spacial score (nSPS) is 14.3. The number of carbonyl (C=O) groups is 1. The van der Waals surface area contributed by atoms with Crippen LogP contribution in [-0.2, 0) is 0 Å². The van der Waals surface area contributed by atoms with Crippen LogP contribution in [0.3, 0.4) is 0 Å². The molecule has 3 N–H and O–H groups in total. The van der Waals surface area contributed by atoms with Crippen LogP contribution < -0.4 is 10.6 Å². The van der Waals surface area contributed by atoms with E-state index >= 15 is 0 Å². The monoisotopic (exact) mass is 314 g/mol. The molecule has 22 heavy (non-hydrogen) atoms. The maximum absolute atomic E-state index is 13.6. The van der Waals surface area contributed by atoms with Crippen molar-refractivity contribution in [1.82, 2.24) is 10.6 Å². The van der Waals surface area contributed by atoms with E-state index < -0.39 is 23.8 Å². The second kappa shape index (κ2) is 7.54. The fraction of sp³-hybridized carbons (Fsp3) is 0.562. The Labute approximate surface area is 129 Å². The Balaban J connectivity index is 2.44. The van der Waals surface area contributed by atoms with Crippen molar-refractivity contribution in [3.05, 3.63) is 35.4 Å². The highest BCUT2D eigenvalue weighted by Crippen LogP contribution is 2.19. The number of hydrogen-bond acceptors (Lipinski definition) is 2. The first kappa shape index (κ1) is 18.4. The molecule has 0 bridgehead atoms.